The van der Waals surface area contributed by atoms with Gasteiger partial charge in [-0.2, -0.15) is 0 Å². The number of nitrogens with one attached hydrogen (secondary N) is 1. The number of thiazole rings is 1. The zero-order chi connectivity index (χ0) is 15.7. The van der Waals surface area contributed by atoms with Crippen LogP contribution in [0.4, 0.5) is 0 Å². The number of benzene rings is 2. The van der Waals surface area contributed by atoms with Crippen molar-refractivity contribution in [3.63, 3.8) is 0 Å². The molecule has 0 saturated carbocycles. The lowest BCUT2D eigenvalue weighted by Gasteiger charge is -2.04. The average molecular weight is 312 g/mol. The van der Waals surface area contributed by atoms with Crippen LogP contribution in [0, 0.1) is 6.92 Å². The molecule has 3 aromatic rings. The zero-order valence-electron chi connectivity index (χ0n) is 12.6. The molecule has 0 aliphatic carbocycles. The van der Waals surface area contributed by atoms with Gasteiger partial charge >= 0.3 is 0 Å². The highest BCUT2D eigenvalue weighted by atomic mass is 32.1. The second-order valence-corrected chi connectivity index (χ2v) is 5.94. The molecule has 3 rings (SSSR count). The van der Waals surface area contributed by atoms with Crippen LogP contribution in [0.3, 0.4) is 0 Å². The second-order valence-electron chi connectivity index (χ2n) is 4.94. The SMILES string of the molecule is CNC(=O)c1sc(-c2ccc3cc(OC)ccc3c2)nc1C. The largest absolute Gasteiger partial charge is 0.497 e. The number of aryl methyl sites for hydroxylation is 1. The summed E-state index contributed by atoms with van der Waals surface area (Å²) in [6.45, 7) is 1.86. The van der Waals surface area contributed by atoms with Crippen molar-refractivity contribution in [2.45, 2.75) is 6.92 Å². The Kier molecular flexibility index (Phi) is 3.81. The summed E-state index contributed by atoms with van der Waals surface area (Å²) < 4.78 is 5.24. The fourth-order valence-corrected chi connectivity index (χ4v) is 3.34. The number of hydrogen-bond donors (Lipinski definition) is 1. The molecule has 0 fully saturated rings. The number of rotatable bonds is 3. The summed E-state index contributed by atoms with van der Waals surface area (Å²) in [4.78, 5) is 17.0. The molecule has 1 heterocycles. The van der Waals surface area contributed by atoms with Gasteiger partial charge in [0.05, 0.1) is 12.8 Å². The predicted molar refractivity (Wildman–Crippen MR) is 89.7 cm³/mol. The van der Waals surface area contributed by atoms with Gasteiger partial charge in [-0.15, -0.1) is 11.3 Å². The molecule has 0 aliphatic rings. The van der Waals surface area contributed by atoms with E-state index < -0.39 is 0 Å². The van der Waals surface area contributed by atoms with Gasteiger partial charge < -0.3 is 10.1 Å². The fraction of sp³-hybridized carbons (Fsp3) is 0.176. The first kappa shape index (κ1) is 14.5. The highest BCUT2D eigenvalue weighted by Gasteiger charge is 2.15. The summed E-state index contributed by atoms with van der Waals surface area (Å²) in [6, 6.07) is 12.1. The molecule has 0 radical (unpaired) electrons. The number of amides is 1. The van der Waals surface area contributed by atoms with Crippen LogP contribution < -0.4 is 10.1 Å². The van der Waals surface area contributed by atoms with Crippen LogP contribution in [-0.4, -0.2) is 25.0 Å². The first-order valence-corrected chi connectivity index (χ1v) is 7.71. The van der Waals surface area contributed by atoms with Crippen molar-refractivity contribution in [3.8, 4) is 16.3 Å². The van der Waals surface area contributed by atoms with Crippen molar-refractivity contribution < 1.29 is 9.53 Å². The third-order valence-corrected chi connectivity index (χ3v) is 4.73. The van der Waals surface area contributed by atoms with Crippen molar-refractivity contribution >= 4 is 28.0 Å². The van der Waals surface area contributed by atoms with Gasteiger partial charge in [-0.3, -0.25) is 4.79 Å². The van der Waals surface area contributed by atoms with E-state index in [0.717, 1.165) is 32.8 Å². The minimum absolute atomic E-state index is 0.0909. The van der Waals surface area contributed by atoms with E-state index in [2.05, 4.69) is 16.4 Å². The molecule has 0 spiro atoms. The Bertz CT molecular complexity index is 855. The lowest BCUT2D eigenvalue weighted by molar-refractivity contribution is 0.0966. The van der Waals surface area contributed by atoms with Crippen molar-refractivity contribution in [2.75, 3.05) is 14.2 Å². The summed E-state index contributed by atoms with van der Waals surface area (Å²) in [5.74, 6) is 0.749. The Morgan fingerprint density at radius 3 is 2.64 bits per heavy atom. The van der Waals surface area contributed by atoms with E-state index in [-0.39, 0.29) is 5.91 Å². The summed E-state index contributed by atoms with van der Waals surface area (Å²) in [6.07, 6.45) is 0. The van der Waals surface area contributed by atoms with Gasteiger partial charge in [0.2, 0.25) is 0 Å². The van der Waals surface area contributed by atoms with Crippen molar-refractivity contribution in [2.24, 2.45) is 0 Å². The third kappa shape index (κ3) is 2.55. The lowest BCUT2D eigenvalue weighted by Crippen LogP contribution is -2.17. The molecule has 1 aromatic heterocycles. The van der Waals surface area contributed by atoms with Gasteiger partial charge in [-0.05, 0) is 35.9 Å². The Balaban J connectivity index is 2.05. The molecule has 1 N–H and O–H groups in total. The molecule has 0 atom stereocenters. The maximum atomic E-state index is 11.8. The van der Waals surface area contributed by atoms with E-state index >= 15 is 0 Å². The van der Waals surface area contributed by atoms with Crippen LogP contribution in [0.1, 0.15) is 15.4 Å². The van der Waals surface area contributed by atoms with Crippen LogP contribution in [0.15, 0.2) is 36.4 Å². The van der Waals surface area contributed by atoms with Crippen LogP contribution >= 0.6 is 11.3 Å². The monoisotopic (exact) mass is 312 g/mol. The molecule has 112 valence electrons. The van der Waals surface area contributed by atoms with Gasteiger partial charge in [-0.1, -0.05) is 18.2 Å². The molecule has 0 unspecified atom stereocenters. The maximum absolute atomic E-state index is 11.8. The van der Waals surface area contributed by atoms with E-state index in [4.69, 9.17) is 4.74 Å². The number of ether oxygens (including phenoxy) is 1. The fourth-order valence-electron chi connectivity index (χ4n) is 2.33. The third-order valence-electron chi connectivity index (χ3n) is 3.52. The number of nitrogens with zero attached hydrogens (tertiary/aromatic N) is 1. The molecular weight excluding hydrogens is 296 g/mol. The smallest absolute Gasteiger partial charge is 0.263 e. The van der Waals surface area contributed by atoms with Gasteiger partial charge in [0.15, 0.2) is 0 Å². The van der Waals surface area contributed by atoms with Gasteiger partial charge in [0, 0.05) is 12.6 Å². The Morgan fingerprint density at radius 2 is 1.91 bits per heavy atom. The highest BCUT2D eigenvalue weighted by Crippen LogP contribution is 2.31. The van der Waals surface area contributed by atoms with E-state index in [0.29, 0.717) is 4.88 Å². The maximum Gasteiger partial charge on any atom is 0.263 e. The van der Waals surface area contributed by atoms with Gasteiger partial charge in [0.1, 0.15) is 15.6 Å². The Hall–Kier alpha value is -2.40. The quantitative estimate of drug-likeness (QED) is 0.803. The van der Waals surface area contributed by atoms with Crippen molar-refractivity contribution in [3.05, 3.63) is 47.0 Å². The first-order chi connectivity index (χ1) is 10.6. The molecular formula is C17H16N2O2S. The highest BCUT2D eigenvalue weighted by molar-refractivity contribution is 7.17. The summed E-state index contributed by atoms with van der Waals surface area (Å²) in [5, 5.41) is 5.73. The molecule has 4 nitrogen and oxygen atoms in total. The second kappa shape index (κ2) is 5.77. The van der Waals surface area contributed by atoms with Crippen molar-refractivity contribution in [1.82, 2.24) is 10.3 Å². The van der Waals surface area contributed by atoms with Crippen LogP contribution in [0.25, 0.3) is 21.3 Å². The van der Waals surface area contributed by atoms with E-state index in [9.17, 15) is 4.79 Å². The topological polar surface area (TPSA) is 51.2 Å². The summed E-state index contributed by atoms with van der Waals surface area (Å²) >= 11 is 1.41. The normalized spacial score (nSPS) is 10.7. The Labute approximate surface area is 132 Å². The van der Waals surface area contributed by atoms with Crippen molar-refractivity contribution in [1.29, 1.82) is 0 Å². The minimum atomic E-state index is -0.0909. The number of fused-ring (bicyclic) bond motifs is 1. The van der Waals surface area contributed by atoms with E-state index in [1.807, 2.05) is 37.3 Å². The summed E-state index contributed by atoms with van der Waals surface area (Å²) in [7, 11) is 3.29. The average Bonchev–Trinajstić information content (AvgIpc) is 2.95. The molecule has 22 heavy (non-hydrogen) atoms. The lowest BCUT2D eigenvalue weighted by atomic mass is 10.1. The number of aromatic nitrogens is 1. The minimum Gasteiger partial charge on any atom is -0.497 e. The predicted octanol–water partition coefficient (Wildman–Crippen LogP) is 3.64. The van der Waals surface area contributed by atoms with Gasteiger partial charge in [-0.25, -0.2) is 4.98 Å². The number of carbonyl (C=O) groups is 1. The Morgan fingerprint density at radius 1 is 1.18 bits per heavy atom. The van der Waals surface area contributed by atoms with Crippen LogP contribution in [-0.2, 0) is 0 Å². The molecule has 1 amide bonds. The molecule has 0 saturated heterocycles. The van der Waals surface area contributed by atoms with E-state index in [1.165, 1.54) is 11.3 Å². The van der Waals surface area contributed by atoms with Gasteiger partial charge in [0.25, 0.3) is 5.91 Å². The molecule has 5 heteroatoms. The number of hydrogen-bond acceptors (Lipinski definition) is 4. The number of methoxy groups -OCH3 is 1. The molecule has 0 aliphatic heterocycles. The van der Waals surface area contributed by atoms with Crippen LogP contribution in [0.2, 0.25) is 0 Å². The molecule has 2 aromatic carbocycles. The van der Waals surface area contributed by atoms with Crippen LogP contribution in [0.5, 0.6) is 5.75 Å². The standard InChI is InChI=1S/C17H16N2O2S/c1-10-15(16(20)18-2)22-17(19-10)13-5-4-12-9-14(21-3)7-6-11(12)8-13/h4-9H,1-3H3,(H,18,20). The zero-order valence-corrected chi connectivity index (χ0v) is 13.5. The first-order valence-electron chi connectivity index (χ1n) is 6.90. The van der Waals surface area contributed by atoms with E-state index in [1.54, 1.807) is 14.2 Å². The molecule has 0 bridgehead atoms. The summed E-state index contributed by atoms with van der Waals surface area (Å²) in [5.41, 5.74) is 1.77. The number of carbonyl (C=O) groups excluding carboxylic acids is 1.